The van der Waals surface area contributed by atoms with Gasteiger partial charge in [0, 0.05) is 24.5 Å². The van der Waals surface area contributed by atoms with Crippen molar-refractivity contribution < 1.29 is 14.4 Å². The molecule has 1 unspecified atom stereocenters. The van der Waals surface area contributed by atoms with Crippen LogP contribution in [0.2, 0.25) is 0 Å². The highest BCUT2D eigenvalue weighted by atomic mass is 32.1. The molecule has 0 aliphatic carbocycles. The van der Waals surface area contributed by atoms with Crippen LogP contribution in [-0.2, 0) is 22.4 Å². The lowest BCUT2D eigenvalue weighted by Crippen LogP contribution is -2.54. The van der Waals surface area contributed by atoms with Crippen molar-refractivity contribution in [1.82, 2.24) is 15.2 Å². The molecule has 0 saturated carbocycles. The van der Waals surface area contributed by atoms with E-state index in [0.29, 0.717) is 37.2 Å². The molecule has 0 radical (unpaired) electrons. The number of hydrogen-bond donors (Lipinski definition) is 2. The third kappa shape index (κ3) is 5.76. The van der Waals surface area contributed by atoms with Gasteiger partial charge in [0.05, 0.1) is 12.1 Å². The van der Waals surface area contributed by atoms with Gasteiger partial charge < -0.3 is 16.0 Å². The van der Waals surface area contributed by atoms with Gasteiger partial charge in [0.15, 0.2) is 5.01 Å². The fourth-order valence-corrected chi connectivity index (χ4v) is 4.92. The highest BCUT2D eigenvalue weighted by Crippen LogP contribution is 2.20. The van der Waals surface area contributed by atoms with Gasteiger partial charge in [-0.2, -0.15) is 0 Å². The van der Waals surface area contributed by atoms with Crippen molar-refractivity contribution in [2.75, 3.05) is 6.54 Å². The van der Waals surface area contributed by atoms with Crippen LogP contribution in [0, 0.1) is 0 Å². The standard InChI is InChI=1S/C26H28N4O3S/c27-20(16-18-8-3-1-4-9-18)26(33)30-14-7-12-22(30)24(32)29-21(17-19-10-5-2-6-11-19)23(31)25-28-13-15-34-25/h1-6,8-11,13,15,20-22H,7,12,14,16-17,27H2,(H,29,32)/t20-,21?,22+/m1/s1. The van der Waals surface area contributed by atoms with Gasteiger partial charge in [-0.1, -0.05) is 60.7 Å². The number of Topliss-reactive ketones (excluding diaryl/α,β-unsaturated/α-hetero) is 1. The average molecular weight is 477 g/mol. The van der Waals surface area contributed by atoms with Gasteiger partial charge in [0.1, 0.15) is 6.04 Å². The normalized spacial score (nSPS) is 17.2. The van der Waals surface area contributed by atoms with Crippen LogP contribution in [0.15, 0.2) is 72.2 Å². The molecule has 0 bridgehead atoms. The molecule has 3 aromatic rings. The van der Waals surface area contributed by atoms with E-state index in [-0.39, 0.29) is 17.6 Å². The Balaban J connectivity index is 1.46. The monoisotopic (exact) mass is 476 g/mol. The van der Waals surface area contributed by atoms with Gasteiger partial charge in [-0.3, -0.25) is 14.4 Å². The first-order chi connectivity index (χ1) is 16.5. The zero-order chi connectivity index (χ0) is 23.9. The molecule has 2 aromatic carbocycles. The Labute approximate surface area is 203 Å². The van der Waals surface area contributed by atoms with Crippen molar-refractivity contribution in [2.45, 2.75) is 43.8 Å². The fourth-order valence-electron chi connectivity index (χ4n) is 4.29. The Hall–Kier alpha value is -3.36. The van der Waals surface area contributed by atoms with Crippen LogP contribution < -0.4 is 11.1 Å². The number of amides is 2. The number of aromatic nitrogens is 1. The summed E-state index contributed by atoms with van der Waals surface area (Å²) in [6.07, 6.45) is 3.58. The van der Waals surface area contributed by atoms with E-state index in [1.165, 1.54) is 11.3 Å². The first kappa shape index (κ1) is 23.8. The Morgan fingerprint density at radius 3 is 2.29 bits per heavy atom. The summed E-state index contributed by atoms with van der Waals surface area (Å²) in [5.74, 6) is -0.806. The van der Waals surface area contributed by atoms with E-state index < -0.39 is 18.1 Å². The van der Waals surface area contributed by atoms with E-state index >= 15 is 0 Å². The maximum absolute atomic E-state index is 13.3. The molecule has 1 aliphatic rings. The number of nitrogens with two attached hydrogens (primary N) is 1. The summed E-state index contributed by atoms with van der Waals surface area (Å²) in [5, 5.41) is 5.00. The topological polar surface area (TPSA) is 105 Å². The number of ketones is 1. The highest BCUT2D eigenvalue weighted by molar-refractivity contribution is 7.11. The SMILES string of the molecule is N[C@H](Cc1ccccc1)C(=O)N1CCC[C@H]1C(=O)NC(Cc1ccccc1)C(=O)c1nccs1. The number of hydrogen-bond acceptors (Lipinski definition) is 6. The van der Waals surface area contributed by atoms with Crippen molar-refractivity contribution in [3.63, 3.8) is 0 Å². The molecule has 4 rings (SSSR count). The van der Waals surface area contributed by atoms with E-state index in [2.05, 4.69) is 10.3 Å². The smallest absolute Gasteiger partial charge is 0.243 e. The molecular formula is C26H28N4O3S. The average Bonchev–Trinajstić information content (AvgIpc) is 3.56. The third-order valence-electron chi connectivity index (χ3n) is 6.01. The van der Waals surface area contributed by atoms with Crippen LogP contribution in [0.5, 0.6) is 0 Å². The number of rotatable bonds is 9. The minimum Gasteiger partial charge on any atom is -0.344 e. The van der Waals surface area contributed by atoms with E-state index in [1.807, 2.05) is 60.7 Å². The Bertz CT molecular complexity index is 1110. The fraction of sp³-hybridized carbons (Fsp3) is 0.308. The van der Waals surface area contributed by atoms with E-state index in [9.17, 15) is 14.4 Å². The largest absolute Gasteiger partial charge is 0.344 e. The lowest BCUT2D eigenvalue weighted by atomic mass is 10.0. The zero-order valence-corrected chi connectivity index (χ0v) is 19.6. The molecular weight excluding hydrogens is 448 g/mol. The van der Waals surface area contributed by atoms with Gasteiger partial charge in [-0.15, -0.1) is 11.3 Å². The summed E-state index contributed by atoms with van der Waals surface area (Å²) in [5.41, 5.74) is 8.13. The van der Waals surface area contributed by atoms with Crippen molar-refractivity contribution in [3.8, 4) is 0 Å². The zero-order valence-electron chi connectivity index (χ0n) is 18.8. The summed E-state index contributed by atoms with van der Waals surface area (Å²) in [4.78, 5) is 45.2. The molecule has 3 atom stereocenters. The van der Waals surface area contributed by atoms with Crippen LogP contribution >= 0.6 is 11.3 Å². The lowest BCUT2D eigenvalue weighted by molar-refractivity contribution is -0.139. The van der Waals surface area contributed by atoms with Gasteiger partial charge >= 0.3 is 0 Å². The van der Waals surface area contributed by atoms with Crippen molar-refractivity contribution in [3.05, 3.63) is 88.4 Å². The van der Waals surface area contributed by atoms with Crippen LogP contribution in [0.3, 0.4) is 0 Å². The van der Waals surface area contributed by atoms with Gasteiger partial charge in [0.2, 0.25) is 17.6 Å². The first-order valence-corrected chi connectivity index (χ1v) is 12.3. The minimum atomic E-state index is -0.767. The lowest BCUT2D eigenvalue weighted by Gasteiger charge is -2.28. The Kier molecular flexibility index (Phi) is 7.82. The summed E-state index contributed by atoms with van der Waals surface area (Å²) >= 11 is 1.25. The summed E-state index contributed by atoms with van der Waals surface area (Å²) in [6, 6.07) is 17.0. The number of likely N-dealkylation sites (tertiary alicyclic amines) is 1. The molecule has 8 heteroatoms. The maximum Gasteiger partial charge on any atom is 0.243 e. The van der Waals surface area contributed by atoms with Crippen molar-refractivity contribution in [2.24, 2.45) is 5.73 Å². The third-order valence-corrected chi connectivity index (χ3v) is 6.80. The number of benzene rings is 2. The Morgan fingerprint density at radius 2 is 1.68 bits per heavy atom. The molecule has 2 amide bonds. The van der Waals surface area contributed by atoms with Crippen molar-refractivity contribution >= 4 is 28.9 Å². The predicted molar refractivity (Wildman–Crippen MR) is 131 cm³/mol. The molecule has 1 aliphatic heterocycles. The van der Waals surface area contributed by atoms with E-state index in [0.717, 1.165) is 11.1 Å². The molecule has 176 valence electrons. The van der Waals surface area contributed by atoms with Crippen LogP contribution in [-0.4, -0.2) is 52.2 Å². The number of carbonyl (C=O) groups excluding carboxylic acids is 3. The molecule has 2 heterocycles. The summed E-state index contributed by atoms with van der Waals surface area (Å²) in [7, 11) is 0. The second-order valence-corrected chi connectivity index (χ2v) is 9.33. The molecule has 7 nitrogen and oxygen atoms in total. The van der Waals surface area contributed by atoms with E-state index in [1.54, 1.807) is 16.5 Å². The summed E-state index contributed by atoms with van der Waals surface area (Å²) < 4.78 is 0. The second-order valence-electron chi connectivity index (χ2n) is 8.44. The Morgan fingerprint density at radius 1 is 1.03 bits per heavy atom. The molecule has 34 heavy (non-hydrogen) atoms. The van der Waals surface area contributed by atoms with Gasteiger partial charge in [-0.25, -0.2) is 4.98 Å². The minimum absolute atomic E-state index is 0.233. The molecule has 1 aromatic heterocycles. The molecule has 0 spiro atoms. The molecule has 1 saturated heterocycles. The second kappa shape index (κ2) is 11.2. The number of nitrogens with zero attached hydrogens (tertiary/aromatic N) is 2. The maximum atomic E-state index is 13.3. The molecule has 1 fully saturated rings. The van der Waals surface area contributed by atoms with Crippen molar-refractivity contribution in [1.29, 1.82) is 0 Å². The number of nitrogens with one attached hydrogen (secondary N) is 1. The highest BCUT2D eigenvalue weighted by Gasteiger charge is 2.37. The quantitative estimate of drug-likeness (QED) is 0.462. The van der Waals surface area contributed by atoms with Crippen LogP contribution in [0.25, 0.3) is 0 Å². The van der Waals surface area contributed by atoms with Crippen LogP contribution in [0.1, 0.15) is 33.8 Å². The summed E-state index contributed by atoms with van der Waals surface area (Å²) in [6.45, 7) is 0.475. The van der Waals surface area contributed by atoms with Gasteiger partial charge in [-0.05, 0) is 30.4 Å². The molecule has 3 N–H and O–H groups in total. The first-order valence-electron chi connectivity index (χ1n) is 11.4. The predicted octanol–water partition coefficient (Wildman–Crippen LogP) is 2.61. The van der Waals surface area contributed by atoms with Crippen LogP contribution in [0.4, 0.5) is 0 Å². The number of thiazole rings is 1. The van der Waals surface area contributed by atoms with Gasteiger partial charge in [0.25, 0.3) is 0 Å². The number of carbonyl (C=O) groups is 3. The van der Waals surface area contributed by atoms with E-state index in [4.69, 9.17) is 5.73 Å².